The molecule has 1 aliphatic rings. The molecule has 0 spiro atoms. The van der Waals surface area contributed by atoms with Crippen LogP contribution in [0, 0.1) is 0 Å². The van der Waals surface area contributed by atoms with E-state index in [1.54, 1.807) is 19.1 Å². The lowest BCUT2D eigenvalue weighted by molar-refractivity contribution is -0.132. The third-order valence-electron chi connectivity index (χ3n) is 4.61. The lowest BCUT2D eigenvalue weighted by Gasteiger charge is -2.25. The highest BCUT2D eigenvalue weighted by atomic mass is 16.3. The summed E-state index contributed by atoms with van der Waals surface area (Å²) in [7, 11) is 0. The van der Waals surface area contributed by atoms with Crippen LogP contribution in [-0.4, -0.2) is 44.2 Å². The number of benzene rings is 1. The topological polar surface area (TPSA) is 75.4 Å². The van der Waals surface area contributed by atoms with Gasteiger partial charge in [0.05, 0.1) is 23.3 Å². The quantitative estimate of drug-likeness (QED) is 0.903. The molecule has 2 aromatic rings. The number of para-hydroxylation sites is 1. The summed E-state index contributed by atoms with van der Waals surface area (Å²) in [5, 5.41) is 10.1. The van der Waals surface area contributed by atoms with Crippen LogP contribution in [0.25, 0.3) is 10.9 Å². The highest BCUT2D eigenvalue weighted by molar-refractivity contribution is 5.78. The Morgan fingerprint density at radius 3 is 3.00 bits per heavy atom. The number of nitrogens with zero attached hydrogens (tertiary/aromatic N) is 3. The number of rotatable bonds is 5. The first-order chi connectivity index (χ1) is 11.6. The normalized spacial score (nSPS) is 18.9. The standard InChI is InChI=1S/C18H23N3O3/c1-13(22)11-14-5-4-9-21(14)17(23)8-10-20-12-19-16-7-3-2-6-15(16)18(20)24/h2-3,6-7,12-14,22H,4-5,8-11H2,1H3. The molecule has 0 radical (unpaired) electrons. The van der Waals surface area contributed by atoms with Crippen LogP contribution in [0.5, 0.6) is 0 Å². The molecular weight excluding hydrogens is 306 g/mol. The van der Waals surface area contributed by atoms with Crippen LogP contribution in [0.15, 0.2) is 35.4 Å². The van der Waals surface area contributed by atoms with Crippen LogP contribution in [0.3, 0.4) is 0 Å². The fraction of sp³-hybridized carbons (Fsp3) is 0.500. The third-order valence-corrected chi connectivity index (χ3v) is 4.61. The van der Waals surface area contributed by atoms with Crippen LogP contribution in [0.2, 0.25) is 0 Å². The molecule has 0 aliphatic carbocycles. The zero-order valence-corrected chi connectivity index (χ0v) is 13.9. The van der Waals surface area contributed by atoms with Crippen LogP contribution in [-0.2, 0) is 11.3 Å². The molecule has 2 heterocycles. The first kappa shape index (κ1) is 16.6. The SMILES string of the molecule is CC(O)CC1CCCN1C(=O)CCn1cnc2ccccc2c1=O. The second-order valence-corrected chi connectivity index (χ2v) is 6.48. The fourth-order valence-corrected chi connectivity index (χ4v) is 3.43. The summed E-state index contributed by atoms with van der Waals surface area (Å²) in [6.07, 6.45) is 3.90. The molecule has 0 saturated carbocycles. The van der Waals surface area contributed by atoms with Crippen molar-refractivity contribution in [2.45, 2.75) is 51.3 Å². The largest absolute Gasteiger partial charge is 0.393 e. The molecule has 6 heteroatoms. The van der Waals surface area contributed by atoms with Crippen molar-refractivity contribution in [2.24, 2.45) is 0 Å². The van der Waals surface area contributed by atoms with E-state index in [1.807, 2.05) is 17.0 Å². The predicted molar refractivity (Wildman–Crippen MR) is 91.7 cm³/mol. The summed E-state index contributed by atoms with van der Waals surface area (Å²) in [6.45, 7) is 2.82. The lowest BCUT2D eigenvalue weighted by atomic mass is 10.1. The Morgan fingerprint density at radius 1 is 1.42 bits per heavy atom. The number of carbonyl (C=O) groups excluding carboxylic acids is 1. The molecule has 1 N–H and O–H groups in total. The molecule has 3 rings (SSSR count). The Hall–Kier alpha value is -2.21. The van der Waals surface area contributed by atoms with Gasteiger partial charge in [0.2, 0.25) is 5.91 Å². The molecule has 0 bridgehead atoms. The number of aliphatic hydroxyl groups excluding tert-OH is 1. The van der Waals surface area contributed by atoms with Gasteiger partial charge < -0.3 is 10.0 Å². The Balaban J connectivity index is 1.68. The second-order valence-electron chi connectivity index (χ2n) is 6.48. The van der Waals surface area contributed by atoms with Crippen molar-refractivity contribution in [2.75, 3.05) is 6.54 Å². The van der Waals surface area contributed by atoms with E-state index in [4.69, 9.17) is 0 Å². The van der Waals surface area contributed by atoms with Crippen LogP contribution >= 0.6 is 0 Å². The Bertz CT molecular complexity index is 784. The number of hydrogen-bond donors (Lipinski definition) is 1. The molecular formula is C18H23N3O3. The average molecular weight is 329 g/mol. The molecule has 1 saturated heterocycles. The summed E-state index contributed by atoms with van der Waals surface area (Å²) < 4.78 is 1.50. The van der Waals surface area contributed by atoms with Crippen molar-refractivity contribution in [3.63, 3.8) is 0 Å². The Morgan fingerprint density at radius 2 is 2.21 bits per heavy atom. The summed E-state index contributed by atoms with van der Waals surface area (Å²) in [4.78, 5) is 31.1. The molecule has 128 valence electrons. The number of fused-ring (bicyclic) bond motifs is 1. The van der Waals surface area contributed by atoms with Gasteiger partial charge in [-0.3, -0.25) is 14.2 Å². The van der Waals surface area contributed by atoms with Crippen molar-refractivity contribution < 1.29 is 9.90 Å². The highest BCUT2D eigenvalue weighted by Crippen LogP contribution is 2.22. The van der Waals surface area contributed by atoms with Gasteiger partial charge in [0.1, 0.15) is 0 Å². The van der Waals surface area contributed by atoms with Gasteiger partial charge in [-0.05, 0) is 38.3 Å². The average Bonchev–Trinajstić information content (AvgIpc) is 3.01. The Labute approximate surface area is 140 Å². The van der Waals surface area contributed by atoms with Crippen LogP contribution < -0.4 is 5.56 Å². The second kappa shape index (κ2) is 7.13. The van der Waals surface area contributed by atoms with E-state index in [0.717, 1.165) is 19.4 Å². The zero-order valence-electron chi connectivity index (χ0n) is 13.9. The minimum Gasteiger partial charge on any atom is -0.393 e. The van der Waals surface area contributed by atoms with Crippen molar-refractivity contribution in [3.8, 4) is 0 Å². The highest BCUT2D eigenvalue weighted by Gasteiger charge is 2.29. The van der Waals surface area contributed by atoms with Gasteiger partial charge >= 0.3 is 0 Å². The maximum Gasteiger partial charge on any atom is 0.261 e. The lowest BCUT2D eigenvalue weighted by Crippen LogP contribution is -2.38. The molecule has 1 aliphatic heterocycles. The minimum atomic E-state index is -0.407. The molecule has 1 aromatic heterocycles. The number of aryl methyl sites for hydroxylation is 1. The van der Waals surface area contributed by atoms with Crippen LogP contribution in [0.1, 0.15) is 32.6 Å². The van der Waals surface area contributed by atoms with E-state index >= 15 is 0 Å². The number of amides is 1. The summed E-state index contributed by atoms with van der Waals surface area (Å²) in [5.41, 5.74) is 0.553. The van der Waals surface area contributed by atoms with E-state index in [9.17, 15) is 14.7 Å². The monoisotopic (exact) mass is 329 g/mol. The van der Waals surface area contributed by atoms with Gasteiger partial charge in [0, 0.05) is 25.6 Å². The van der Waals surface area contributed by atoms with Gasteiger partial charge in [-0.15, -0.1) is 0 Å². The van der Waals surface area contributed by atoms with Gasteiger partial charge in [-0.1, -0.05) is 12.1 Å². The first-order valence-corrected chi connectivity index (χ1v) is 8.48. The molecule has 6 nitrogen and oxygen atoms in total. The number of carbonyl (C=O) groups is 1. The van der Waals surface area contributed by atoms with Gasteiger partial charge in [-0.2, -0.15) is 0 Å². The van der Waals surface area contributed by atoms with E-state index < -0.39 is 6.10 Å². The minimum absolute atomic E-state index is 0.0400. The predicted octanol–water partition coefficient (Wildman–Crippen LogP) is 1.55. The van der Waals surface area contributed by atoms with Gasteiger partial charge in [-0.25, -0.2) is 4.98 Å². The third kappa shape index (κ3) is 3.48. The van der Waals surface area contributed by atoms with E-state index in [0.29, 0.717) is 23.9 Å². The Kier molecular flexibility index (Phi) is 4.94. The zero-order chi connectivity index (χ0) is 17.1. The van der Waals surface area contributed by atoms with Crippen molar-refractivity contribution in [1.82, 2.24) is 14.5 Å². The number of likely N-dealkylation sites (tertiary alicyclic amines) is 1. The van der Waals surface area contributed by atoms with Gasteiger partial charge in [0.15, 0.2) is 0 Å². The summed E-state index contributed by atoms with van der Waals surface area (Å²) in [5.74, 6) is 0.0400. The number of aliphatic hydroxyl groups is 1. The smallest absolute Gasteiger partial charge is 0.261 e. The summed E-state index contributed by atoms with van der Waals surface area (Å²) >= 11 is 0. The number of hydrogen-bond acceptors (Lipinski definition) is 4. The maximum atomic E-state index is 12.5. The number of aromatic nitrogens is 2. The van der Waals surface area contributed by atoms with Crippen LogP contribution in [0.4, 0.5) is 0 Å². The molecule has 1 fully saturated rings. The van der Waals surface area contributed by atoms with Crippen molar-refractivity contribution in [1.29, 1.82) is 0 Å². The van der Waals surface area contributed by atoms with Crippen molar-refractivity contribution >= 4 is 16.8 Å². The molecule has 2 atom stereocenters. The first-order valence-electron chi connectivity index (χ1n) is 8.48. The molecule has 1 aromatic carbocycles. The molecule has 2 unspecified atom stereocenters. The van der Waals surface area contributed by atoms with Crippen molar-refractivity contribution in [3.05, 3.63) is 40.9 Å². The van der Waals surface area contributed by atoms with Gasteiger partial charge in [0.25, 0.3) is 5.56 Å². The molecule has 24 heavy (non-hydrogen) atoms. The van der Waals surface area contributed by atoms with E-state index in [-0.39, 0.29) is 23.9 Å². The molecule has 1 amide bonds. The van der Waals surface area contributed by atoms with E-state index in [1.165, 1.54) is 10.9 Å². The fourth-order valence-electron chi connectivity index (χ4n) is 3.43. The van der Waals surface area contributed by atoms with E-state index in [2.05, 4.69) is 4.98 Å². The maximum absolute atomic E-state index is 12.5. The summed E-state index contributed by atoms with van der Waals surface area (Å²) in [6, 6.07) is 7.33.